The fourth-order valence-electron chi connectivity index (χ4n) is 5.40. The second kappa shape index (κ2) is 15.9. The van der Waals surface area contributed by atoms with Crippen molar-refractivity contribution in [2.24, 2.45) is 0 Å². The second-order valence-electron chi connectivity index (χ2n) is 10.5. The summed E-state index contributed by atoms with van der Waals surface area (Å²) < 4.78 is 4.45. The number of hydrogen-bond acceptors (Lipinski definition) is 7. The van der Waals surface area contributed by atoms with Gasteiger partial charge in [-0.25, -0.2) is 4.31 Å². The number of nitrogens with one attached hydrogen (secondary N) is 2. The molecule has 2 saturated heterocycles. The smallest absolute Gasteiger partial charge is 0.257 e. The molecule has 2 fully saturated rings. The largest absolute Gasteiger partial charge is 0.369 e. The number of aryl methyl sites for hydroxylation is 1. The van der Waals surface area contributed by atoms with Crippen molar-refractivity contribution >= 4 is 58.5 Å². The molecule has 1 amide bonds. The molecule has 0 radical (unpaired) electrons. The van der Waals surface area contributed by atoms with Gasteiger partial charge in [0, 0.05) is 60.8 Å². The average Bonchev–Trinajstić information content (AvgIpc) is 3.02. The number of amides is 1. The Balaban J connectivity index is 0.00000198. The van der Waals surface area contributed by atoms with Crippen LogP contribution in [-0.4, -0.2) is 62.8 Å². The van der Waals surface area contributed by atoms with Crippen LogP contribution in [-0.2, 0) is 0 Å². The van der Waals surface area contributed by atoms with Crippen molar-refractivity contribution in [1.82, 2.24) is 9.62 Å². The molecule has 2 aliphatic heterocycles. The molecule has 42 heavy (non-hydrogen) atoms. The van der Waals surface area contributed by atoms with Crippen LogP contribution in [0.15, 0.2) is 65.6 Å². The van der Waals surface area contributed by atoms with Gasteiger partial charge in [0.1, 0.15) is 0 Å². The van der Waals surface area contributed by atoms with E-state index in [-0.39, 0.29) is 5.91 Å². The molecule has 6 nitrogen and oxygen atoms in total. The van der Waals surface area contributed by atoms with E-state index in [9.17, 15) is 4.79 Å². The fourth-order valence-corrected chi connectivity index (χ4v) is 6.94. The number of benzene rings is 3. The number of halogens is 1. The van der Waals surface area contributed by atoms with Gasteiger partial charge < -0.3 is 19.8 Å². The molecular weight excluding hydrogens is 582 g/mol. The van der Waals surface area contributed by atoms with Crippen molar-refractivity contribution in [2.45, 2.75) is 44.4 Å². The first kappa shape index (κ1) is 32.6. The standard InChI is InChI=1S/C31H38ClN5OS2.C2H6/c1-22-18-25(32)21-27(19-22)36-14-16-37(17-15-36)40-28-7-5-26(6-8-28)34-31(38)29-20-24(23-10-12-33-13-11-23)4-9-30(29)35(2)39-3;1-2/h4-9,18-21,23,33H,10-17H2,1-3H3,(H,34,38);1-2H3. The zero-order valence-electron chi connectivity index (χ0n) is 25.5. The fraction of sp³-hybridized carbons (Fsp3) is 0.424. The Labute approximate surface area is 265 Å². The van der Waals surface area contributed by atoms with Crippen molar-refractivity contribution in [3.63, 3.8) is 0 Å². The van der Waals surface area contributed by atoms with E-state index in [0.29, 0.717) is 5.92 Å². The third-order valence-electron chi connectivity index (χ3n) is 7.67. The van der Waals surface area contributed by atoms with E-state index < -0.39 is 0 Å². The number of rotatable bonds is 8. The molecule has 0 aromatic heterocycles. The van der Waals surface area contributed by atoms with Crippen LogP contribution in [0.5, 0.6) is 0 Å². The number of nitrogens with zero attached hydrogens (tertiary/aromatic N) is 3. The van der Waals surface area contributed by atoms with Crippen LogP contribution >= 0.6 is 35.5 Å². The summed E-state index contributed by atoms with van der Waals surface area (Å²) in [5.74, 6) is 0.425. The van der Waals surface area contributed by atoms with Crippen molar-refractivity contribution in [3.05, 3.63) is 82.4 Å². The van der Waals surface area contributed by atoms with E-state index in [1.807, 2.05) is 49.7 Å². The SMILES string of the molecule is CC.CSN(C)c1ccc(C2CCNCC2)cc1C(=O)Nc1ccc(SN2CCN(c3cc(C)cc(Cl)c3)CC2)cc1. The maximum Gasteiger partial charge on any atom is 0.257 e. The van der Waals surface area contributed by atoms with Gasteiger partial charge in [0.2, 0.25) is 0 Å². The molecule has 2 aliphatic rings. The van der Waals surface area contributed by atoms with Gasteiger partial charge in [-0.05, 0) is 116 Å². The van der Waals surface area contributed by atoms with Crippen LogP contribution in [0.3, 0.4) is 0 Å². The molecule has 0 atom stereocenters. The zero-order chi connectivity index (χ0) is 30.1. The summed E-state index contributed by atoms with van der Waals surface area (Å²) in [7, 11) is 2.00. The third kappa shape index (κ3) is 8.60. The van der Waals surface area contributed by atoms with E-state index >= 15 is 0 Å². The Morgan fingerprint density at radius 1 is 0.976 bits per heavy atom. The monoisotopic (exact) mass is 625 g/mol. The molecule has 226 valence electrons. The van der Waals surface area contributed by atoms with Gasteiger partial charge >= 0.3 is 0 Å². The second-order valence-corrected chi connectivity index (χ2v) is 13.0. The van der Waals surface area contributed by atoms with Crippen molar-refractivity contribution in [2.75, 3.05) is 67.1 Å². The number of hydrogen-bond donors (Lipinski definition) is 2. The lowest BCUT2D eigenvalue weighted by Crippen LogP contribution is -2.43. The quantitative estimate of drug-likeness (QED) is 0.247. The Kier molecular flexibility index (Phi) is 12.3. The van der Waals surface area contributed by atoms with Crippen molar-refractivity contribution in [3.8, 4) is 0 Å². The molecule has 3 aromatic rings. The molecule has 0 unspecified atom stereocenters. The predicted octanol–water partition coefficient (Wildman–Crippen LogP) is 7.94. The zero-order valence-corrected chi connectivity index (χ0v) is 27.8. The van der Waals surface area contributed by atoms with Gasteiger partial charge in [-0.2, -0.15) is 0 Å². The summed E-state index contributed by atoms with van der Waals surface area (Å²) in [6, 6.07) is 20.8. The van der Waals surface area contributed by atoms with Gasteiger partial charge in [0.15, 0.2) is 0 Å². The predicted molar refractivity (Wildman–Crippen MR) is 185 cm³/mol. The van der Waals surface area contributed by atoms with Crippen LogP contribution in [0.4, 0.5) is 17.1 Å². The van der Waals surface area contributed by atoms with E-state index in [1.165, 1.54) is 21.7 Å². The Hall–Kier alpha value is -2.36. The van der Waals surface area contributed by atoms with Gasteiger partial charge in [-0.15, -0.1) is 0 Å². The normalized spacial score (nSPS) is 16.0. The summed E-state index contributed by atoms with van der Waals surface area (Å²) in [6.45, 7) is 12.0. The molecule has 2 N–H and O–H groups in total. The van der Waals surface area contributed by atoms with Gasteiger partial charge in [0.05, 0.1) is 11.3 Å². The summed E-state index contributed by atoms with van der Waals surface area (Å²) in [4.78, 5) is 17.1. The average molecular weight is 626 g/mol. The Morgan fingerprint density at radius 2 is 1.67 bits per heavy atom. The summed E-state index contributed by atoms with van der Waals surface area (Å²) in [6.07, 6.45) is 4.23. The lowest BCUT2D eigenvalue weighted by Gasteiger charge is -2.35. The molecule has 2 heterocycles. The molecule has 0 bridgehead atoms. The molecule has 0 aliphatic carbocycles. The van der Waals surface area contributed by atoms with Crippen LogP contribution in [0.1, 0.15) is 54.1 Å². The van der Waals surface area contributed by atoms with E-state index in [2.05, 4.69) is 69.2 Å². The minimum atomic E-state index is -0.0699. The topological polar surface area (TPSA) is 50.9 Å². The molecule has 0 spiro atoms. The molecule has 9 heteroatoms. The third-order valence-corrected chi connectivity index (χ3v) is 9.74. The van der Waals surface area contributed by atoms with E-state index in [1.54, 1.807) is 23.9 Å². The Bertz CT molecular complexity index is 1290. The van der Waals surface area contributed by atoms with Gasteiger partial charge in [0.25, 0.3) is 5.91 Å². The molecule has 5 rings (SSSR count). The first-order valence-electron chi connectivity index (χ1n) is 14.9. The van der Waals surface area contributed by atoms with Crippen LogP contribution in [0.2, 0.25) is 5.02 Å². The first-order chi connectivity index (χ1) is 20.4. The number of anilines is 3. The minimum absolute atomic E-state index is 0.0699. The van der Waals surface area contributed by atoms with Crippen LogP contribution < -0.4 is 19.8 Å². The highest BCUT2D eigenvalue weighted by atomic mass is 35.5. The number of piperazine rings is 1. The first-order valence-corrected chi connectivity index (χ1v) is 17.2. The van der Waals surface area contributed by atoms with Crippen LogP contribution in [0, 0.1) is 6.92 Å². The maximum atomic E-state index is 13.5. The molecular formula is C33H44ClN5OS2. The van der Waals surface area contributed by atoms with Crippen molar-refractivity contribution < 1.29 is 4.79 Å². The summed E-state index contributed by atoms with van der Waals surface area (Å²) >= 11 is 9.65. The minimum Gasteiger partial charge on any atom is -0.369 e. The summed E-state index contributed by atoms with van der Waals surface area (Å²) in [5.41, 5.74) is 6.10. The molecule has 3 aromatic carbocycles. The highest BCUT2D eigenvalue weighted by molar-refractivity contribution is 7.99. The number of carbonyl (C=O) groups excluding carboxylic acids is 1. The highest BCUT2D eigenvalue weighted by Crippen LogP contribution is 2.33. The van der Waals surface area contributed by atoms with Crippen molar-refractivity contribution in [1.29, 1.82) is 0 Å². The lowest BCUT2D eigenvalue weighted by molar-refractivity contribution is 0.102. The van der Waals surface area contributed by atoms with Crippen LogP contribution in [0.25, 0.3) is 0 Å². The van der Waals surface area contributed by atoms with E-state index in [4.69, 9.17) is 11.6 Å². The summed E-state index contributed by atoms with van der Waals surface area (Å²) in [5, 5.41) is 7.37. The molecule has 0 saturated carbocycles. The maximum absolute atomic E-state index is 13.5. The Morgan fingerprint density at radius 3 is 2.31 bits per heavy atom. The number of piperidine rings is 1. The van der Waals surface area contributed by atoms with Gasteiger partial charge in [-0.1, -0.05) is 43.5 Å². The highest BCUT2D eigenvalue weighted by Gasteiger charge is 2.21. The van der Waals surface area contributed by atoms with E-state index in [0.717, 1.165) is 74.1 Å². The lowest BCUT2D eigenvalue weighted by atomic mass is 9.89. The van der Waals surface area contributed by atoms with Gasteiger partial charge in [-0.3, -0.25) is 4.79 Å². The number of carbonyl (C=O) groups is 1.